The number of phosphoric acid groups is 4. The van der Waals surface area contributed by atoms with E-state index in [1.165, 1.54) is 36.4 Å². The second-order valence-corrected chi connectivity index (χ2v) is 34.5. The van der Waals surface area contributed by atoms with Crippen molar-refractivity contribution in [2.75, 3.05) is 0 Å². The Balaban J connectivity index is 0.000000166. The lowest BCUT2D eigenvalue weighted by atomic mass is 9.78. The number of hydrogen-bond donors (Lipinski definition) is 2. The number of hydrogen-bond acceptors (Lipinski definition) is 24. The Hall–Kier alpha value is -15.0. The van der Waals surface area contributed by atoms with Crippen LogP contribution < -0.4 is 72.4 Å². The lowest BCUT2D eigenvalue weighted by molar-refractivity contribution is 0.294. The first-order valence-corrected chi connectivity index (χ1v) is 47.5. The topological polar surface area (TPSA) is 291 Å². The van der Waals surface area contributed by atoms with E-state index in [0.717, 1.165) is 11.1 Å². The maximum absolute atomic E-state index is 13.8. The molecule has 0 aromatic heterocycles. The van der Waals surface area contributed by atoms with Gasteiger partial charge in [-0.15, -0.1) is 0 Å². The maximum atomic E-state index is 13.8. The molecule has 24 nitrogen and oxygen atoms in total. The van der Waals surface area contributed by atoms with Crippen LogP contribution >= 0.6 is 47.8 Å². The average molecular weight is 1840 g/mol. The van der Waals surface area contributed by atoms with Gasteiger partial charge in [0.25, 0.3) is 0 Å². The summed E-state index contributed by atoms with van der Waals surface area (Å²) in [4.78, 5) is 0. The molecule has 1 atom stereocenters. The zero-order valence-electron chi connectivity index (χ0n) is 68.9. The molecule has 652 valence electrons. The molecule has 0 fully saturated rings. The molecule has 129 heavy (non-hydrogen) atoms. The van der Waals surface area contributed by atoms with Gasteiger partial charge in [-0.05, 0) is 217 Å². The second-order valence-electron chi connectivity index (χ2n) is 27.1. The Morgan fingerprint density at radius 1 is 0.186 bits per heavy atom. The van der Waals surface area contributed by atoms with Gasteiger partial charge in [0.1, 0.15) is 80.5 Å². The number of phosphoric ester groups is 4. The third-order valence-electron chi connectivity index (χ3n) is 17.1. The number of benzene rings is 16. The molecular weight excluding hydrogens is 1760 g/mol. The summed E-state index contributed by atoms with van der Waals surface area (Å²) in [6, 6.07) is 131. The molecule has 0 aliphatic carbocycles. The lowest BCUT2D eigenvalue weighted by Gasteiger charge is -2.27. The summed E-state index contributed by atoms with van der Waals surface area (Å²) in [5.41, 5.74) is 1.45. The first kappa shape index (κ1) is 93.2. The number of para-hydroxylation sites is 12. The maximum Gasteiger partial charge on any atom is 0.805 e. The number of aromatic hydroxyl groups is 2. The van der Waals surface area contributed by atoms with E-state index in [-0.39, 0.29) is 17.2 Å². The second kappa shape index (κ2) is 47.4. The van der Waals surface area contributed by atoms with Crippen LogP contribution in [-0.2, 0) is 32.8 Å². The van der Waals surface area contributed by atoms with E-state index in [1.54, 1.807) is 352 Å². The summed E-state index contributed by atoms with van der Waals surface area (Å²) in [7, 11) is -21.1. The van der Waals surface area contributed by atoms with Gasteiger partial charge in [0, 0.05) is 20.6 Å². The van der Waals surface area contributed by atoms with Crippen molar-refractivity contribution in [3.05, 3.63) is 472 Å². The molecule has 0 spiro atoms. The van der Waals surface area contributed by atoms with Gasteiger partial charge in [-0.2, -0.15) is 18.3 Å². The van der Waals surface area contributed by atoms with Crippen molar-refractivity contribution < 1.29 is 110 Å². The van der Waals surface area contributed by atoms with Crippen LogP contribution in [0.4, 0.5) is 0 Å². The Labute approximate surface area is 748 Å². The summed E-state index contributed by atoms with van der Waals surface area (Å²) in [6.07, 6.45) is 0. The van der Waals surface area contributed by atoms with Gasteiger partial charge in [0.2, 0.25) is 0 Å². The van der Waals surface area contributed by atoms with E-state index in [2.05, 4.69) is 13.8 Å². The molecule has 30 heteroatoms. The van der Waals surface area contributed by atoms with E-state index >= 15 is 0 Å². The van der Waals surface area contributed by atoms with Gasteiger partial charge in [-0.1, -0.05) is 263 Å². The fourth-order valence-corrected chi connectivity index (χ4v) is 17.3. The van der Waals surface area contributed by atoms with Crippen LogP contribution in [-0.4, -0.2) is 10.2 Å². The zero-order valence-corrected chi connectivity index (χ0v) is 74.3. The van der Waals surface area contributed by atoms with Crippen molar-refractivity contribution in [1.82, 2.24) is 0 Å². The van der Waals surface area contributed by atoms with E-state index in [0.29, 0.717) is 86.2 Å². The molecule has 0 amide bonds. The van der Waals surface area contributed by atoms with Crippen molar-refractivity contribution >= 4 is 47.8 Å². The first-order chi connectivity index (χ1) is 62.6. The van der Waals surface area contributed by atoms with E-state index in [4.69, 9.17) is 77.5 Å². The first-order valence-electron chi connectivity index (χ1n) is 39.4. The third-order valence-corrected chi connectivity index (χ3v) is 23.7. The predicted molar refractivity (Wildman–Crippen MR) is 494 cm³/mol. The van der Waals surface area contributed by atoms with Gasteiger partial charge in [0.15, 0.2) is 23.0 Å². The van der Waals surface area contributed by atoms with Crippen LogP contribution in [0.5, 0.6) is 103 Å². The van der Waals surface area contributed by atoms with E-state index < -0.39 is 53.2 Å². The lowest BCUT2D eigenvalue weighted by Crippen LogP contribution is -2.18. The smallest absolute Gasteiger partial charge is 0.508 e. The van der Waals surface area contributed by atoms with Gasteiger partial charge >= 0.3 is 47.8 Å². The third kappa shape index (κ3) is 31.9. The SMILES string of the molecule is CC(C)(c1ccc(OP(=O)(Oc2ccccc2)Oc2ccccc2)cc1)c1ccc(OP(=O)(Oc2ccccc2)Oc2ccccc2)cc1.O=P(Oc1ccccc1)(Oc1ccccc1)Oc1ccc(OP(=O)(Oc2ccccc2)Oc2ccccc2)cc1.O=[P+](Oc1ccccc1)Oc1cccc(O)c1.O=[P+](Oc1ccccc1)Oc1ccccc1.Oc1ccccc1. The van der Waals surface area contributed by atoms with Gasteiger partial charge in [0.05, 0.1) is 0 Å². The molecule has 1 unspecified atom stereocenters. The highest BCUT2D eigenvalue weighted by Crippen LogP contribution is 2.55. The van der Waals surface area contributed by atoms with Crippen molar-refractivity contribution in [1.29, 1.82) is 0 Å². The highest BCUT2D eigenvalue weighted by atomic mass is 31.2. The van der Waals surface area contributed by atoms with Crippen molar-refractivity contribution in [3.8, 4) is 103 Å². The predicted octanol–water partition coefficient (Wildman–Crippen LogP) is 29.0. The summed E-state index contributed by atoms with van der Waals surface area (Å²) >= 11 is 0. The summed E-state index contributed by atoms with van der Waals surface area (Å²) < 4.78 is 167. The van der Waals surface area contributed by atoms with Crippen molar-refractivity contribution in [2.45, 2.75) is 19.3 Å². The fraction of sp³-hybridized carbons (Fsp3) is 0.0303. The summed E-state index contributed by atoms with van der Waals surface area (Å²) in [5, 5.41) is 17.8. The molecular formula is C99H84O24P6+2. The molecule has 0 saturated carbocycles. The van der Waals surface area contributed by atoms with Crippen molar-refractivity contribution in [3.63, 3.8) is 0 Å². The Kier molecular flexibility index (Phi) is 34.2. The Morgan fingerprint density at radius 2 is 0.333 bits per heavy atom. The van der Waals surface area contributed by atoms with Gasteiger partial charge in [-0.25, -0.2) is 18.1 Å². The molecule has 2 N–H and O–H groups in total. The number of phenols is 2. The molecule has 0 saturated heterocycles. The minimum Gasteiger partial charge on any atom is -0.508 e. The minimum absolute atomic E-state index is 0.0469. The monoisotopic (exact) mass is 1840 g/mol. The average Bonchev–Trinajstić information content (AvgIpc) is 0.815. The van der Waals surface area contributed by atoms with Gasteiger partial charge < -0.3 is 64.5 Å². The fourth-order valence-electron chi connectivity index (χ4n) is 11.0. The van der Waals surface area contributed by atoms with Crippen LogP contribution in [0, 0.1) is 0 Å². The normalized spacial score (nSPS) is 10.9. The van der Waals surface area contributed by atoms with E-state index in [1.807, 2.05) is 72.8 Å². The summed E-state index contributed by atoms with van der Waals surface area (Å²) in [5.74, 6) is 5.73. The molecule has 16 aromatic carbocycles. The summed E-state index contributed by atoms with van der Waals surface area (Å²) in [6.45, 7) is 4.14. The van der Waals surface area contributed by atoms with Crippen LogP contribution in [0.1, 0.15) is 25.0 Å². The van der Waals surface area contributed by atoms with Crippen LogP contribution in [0.2, 0.25) is 0 Å². The highest BCUT2D eigenvalue weighted by Gasteiger charge is 2.38. The Bertz CT molecular complexity index is 5760. The molecule has 16 rings (SSSR count). The molecule has 0 bridgehead atoms. The molecule has 0 heterocycles. The molecule has 16 aromatic rings. The van der Waals surface area contributed by atoms with Gasteiger partial charge in [-0.3, -0.25) is 0 Å². The minimum atomic E-state index is -4.18. The largest absolute Gasteiger partial charge is 0.805 e. The quantitative estimate of drug-likeness (QED) is 0.0354. The van der Waals surface area contributed by atoms with Crippen LogP contribution in [0.3, 0.4) is 0 Å². The van der Waals surface area contributed by atoms with Crippen molar-refractivity contribution in [2.24, 2.45) is 0 Å². The zero-order chi connectivity index (χ0) is 90.3. The molecule has 0 aliphatic rings. The number of rotatable bonds is 34. The molecule has 0 radical (unpaired) electrons. The number of phenolic OH excluding ortho intramolecular Hbond substituents is 2. The van der Waals surface area contributed by atoms with Crippen LogP contribution in [0.25, 0.3) is 0 Å². The molecule has 0 aliphatic heterocycles. The van der Waals surface area contributed by atoms with Crippen LogP contribution in [0.15, 0.2) is 461 Å². The highest BCUT2D eigenvalue weighted by molar-refractivity contribution is 7.50. The standard InChI is InChI=1S/C39H34O8P2.C30H24O8P2.C12H9O4P.C12H10O3P.C6H6O/c1-39(2,31-23-27-37(28-24-31)46-48(40,42-33-15-7-3-8-16-33)43-34-17-9-4-10-18-34)32-25-29-38(30-26-32)47-49(41,44-35-19-11-5-12-20-35)45-36-21-13-6-14-22-36;31-39(33-25-13-5-1-6-14-25,34-26-15-7-2-8-16-26)37-29-21-23-30(24-22-29)38-40(32,35-27-17-9-3-10-18-27)36-28-19-11-4-12-20-28;13-10-5-4-8-12(9-10)16-17(14)15-11-6-2-1-3-7-11;13-16(14-11-7-3-1-4-8-11)15-12-9-5-2-6-10-12;7-6-4-2-1-3-5-6/h3-30H,1-2H3;1-24H;1-9H;1-10H;1-5,7H/q;;;+1;/p+1. The van der Waals surface area contributed by atoms with E-state index in [9.17, 15) is 32.5 Å². The Morgan fingerprint density at radius 3 is 0.512 bits per heavy atom.